The highest BCUT2D eigenvalue weighted by molar-refractivity contribution is 5.93. The second-order valence-electron chi connectivity index (χ2n) is 4.82. The van der Waals surface area contributed by atoms with Crippen LogP contribution in [0.25, 0.3) is 0 Å². The Morgan fingerprint density at radius 1 is 1.26 bits per heavy atom. The number of hydrogen-bond donors (Lipinski definition) is 2. The van der Waals surface area contributed by atoms with Crippen LogP contribution in [0.2, 0.25) is 0 Å². The average molecular weight is 273 g/mol. The van der Waals surface area contributed by atoms with Crippen LogP contribution in [-0.2, 0) is 16.5 Å². The highest BCUT2D eigenvalue weighted by Gasteiger charge is 2.42. The fourth-order valence-corrected chi connectivity index (χ4v) is 2.37. The van der Waals surface area contributed by atoms with Crippen LogP contribution in [0.1, 0.15) is 30.4 Å². The van der Waals surface area contributed by atoms with Gasteiger partial charge in [-0.05, 0) is 37.0 Å². The van der Waals surface area contributed by atoms with E-state index < -0.39 is 29.2 Å². The van der Waals surface area contributed by atoms with Gasteiger partial charge in [-0.1, -0.05) is 12.1 Å². The van der Waals surface area contributed by atoms with Crippen molar-refractivity contribution in [2.24, 2.45) is 5.73 Å². The number of rotatable bonds is 1. The summed E-state index contributed by atoms with van der Waals surface area (Å²) < 4.78 is 37.4. The van der Waals surface area contributed by atoms with Crippen LogP contribution in [0.15, 0.2) is 24.3 Å². The van der Waals surface area contributed by atoms with Crippen molar-refractivity contribution in [3.8, 4) is 0 Å². The zero-order valence-electron chi connectivity index (χ0n) is 10.1. The lowest BCUT2D eigenvalue weighted by Gasteiger charge is -2.34. The van der Waals surface area contributed by atoms with E-state index in [1.165, 1.54) is 12.1 Å². The number of ketones is 1. The molecule has 3 nitrogen and oxygen atoms in total. The summed E-state index contributed by atoms with van der Waals surface area (Å²) in [6.45, 7) is 0. The molecular weight excluding hydrogens is 259 g/mol. The minimum absolute atomic E-state index is 0.309. The van der Waals surface area contributed by atoms with Gasteiger partial charge < -0.3 is 10.8 Å². The SMILES string of the molecule is N[C@@]1(c2ccc(C(F)(F)F)cc2)CCC[C@@H](O)C1=O. The number of alkyl halides is 3. The zero-order chi connectivity index (χ0) is 14.3. The van der Waals surface area contributed by atoms with Crippen LogP contribution in [0, 0.1) is 0 Å². The summed E-state index contributed by atoms with van der Waals surface area (Å²) in [6, 6.07) is 4.22. The largest absolute Gasteiger partial charge is 0.416 e. The highest BCUT2D eigenvalue weighted by atomic mass is 19.4. The topological polar surface area (TPSA) is 63.3 Å². The van der Waals surface area contributed by atoms with E-state index in [4.69, 9.17) is 5.73 Å². The molecule has 6 heteroatoms. The second kappa shape index (κ2) is 4.61. The molecule has 0 bridgehead atoms. The van der Waals surface area contributed by atoms with Crippen LogP contribution in [0.3, 0.4) is 0 Å². The van der Waals surface area contributed by atoms with Crippen molar-refractivity contribution in [1.29, 1.82) is 0 Å². The Kier molecular flexibility index (Phi) is 3.40. The normalized spacial score (nSPS) is 28.5. The third-order valence-electron chi connectivity index (χ3n) is 3.52. The van der Waals surface area contributed by atoms with Gasteiger partial charge in [0.25, 0.3) is 0 Å². The van der Waals surface area contributed by atoms with Crippen LogP contribution in [-0.4, -0.2) is 17.0 Å². The molecule has 19 heavy (non-hydrogen) atoms. The number of benzene rings is 1. The highest BCUT2D eigenvalue weighted by Crippen LogP contribution is 2.35. The Labute approximate surface area is 108 Å². The third kappa shape index (κ3) is 2.50. The number of aliphatic hydroxyl groups is 1. The summed E-state index contributed by atoms with van der Waals surface area (Å²) in [5, 5.41) is 9.55. The average Bonchev–Trinajstić information content (AvgIpc) is 2.35. The Balaban J connectivity index is 2.33. The number of Topliss-reactive ketones (excluding diaryl/α,β-unsaturated/α-hetero) is 1. The van der Waals surface area contributed by atoms with Crippen molar-refractivity contribution in [2.75, 3.05) is 0 Å². The van der Waals surface area contributed by atoms with Gasteiger partial charge in [-0.3, -0.25) is 4.79 Å². The molecule has 1 aromatic carbocycles. The zero-order valence-corrected chi connectivity index (χ0v) is 10.1. The molecule has 0 spiro atoms. The third-order valence-corrected chi connectivity index (χ3v) is 3.52. The molecular formula is C13H14F3NO2. The molecule has 1 fully saturated rings. The van der Waals surface area contributed by atoms with Gasteiger partial charge >= 0.3 is 6.18 Å². The summed E-state index contributed by atoms with van der Waals surface area (Å²) >= 11 is 0. The predicted molar refractivity (Wildman–Crippen MR) is 62.2 cm³/mol. The number of carbonyl (C=O) groups excluding carboxylic acids is 1. The molecule has 0 unspecified atom stereocenters. The van der Waals surface area contributed by atoms with Crippen LogP contribution in [0.5, 0.6) is 0 Å². The molecule has 0 radical (unpaired) electrons. The van der Waals surface area contributed by atoms with Gasteiger partial charge in [-0.2, -0.15) is 13.2 Å². The van der Waals surface area contributed by atoms with E-state index in [0.29, 0.717) is 24.8 Å². The maximum Gasteiger partial charge on any atom is 0.416 e. The van der Waals surface area contributed by atoms with Crippen molar-refractivity contribution in [3.05, 3.63) is 35.4 Å². The molecule has 1 aliphatic rings. The second-order valence-corrected chi connectivity index (χ2v) is 4.82. The van der Waals surface area contributed by atoms with Crippen molar-refractivity contribution in [3.63, 3.8) is 0 Å². The number of hydrogen-bond acceptors (Lipinski definition) is 3. The molecule has 0 amide bonds. The van der Waals surface area contributed by atoms with Gasteiger partial charge in [0.1, 0.15) is 11.6 Å². The van der Waals surface area contributed by atoms with E-state index in [1.807, 2.05) is 0 Å². The Morgan fingerprint density at radius 3 is 2.37 bits per heavy atom. The number of aliphatic hydroxyl groups excluding tert-OH is 1. The number of carbonyl (C=O) groups is 1. The lowest BCUT2D eigenvalue weighted by Crippen LogP contribution is -2.52. The summed E-state index contributed by atoms with van der Waals surface area (Å²) in [5.74, 6) is -0.529. The lowest BCUT2D eigenvalue weighted by molar-refractivity contribution is -0.137. The van der Waals surface area contributed by atoms with Gasteiger partial charge in [0.15, 0.2) is 5.78 Å². The summed E-state index contributed by atoms with van der Waals surface area (Å²) in [7, 11) is 0. The molecule has 1 aliphatic carbocycles. The van der Waals surface area contributed by atoms with Crippen molar-refractivity contribution < 1.29 is 23.1 Å². The molecule has 3 N–H and O–H groups in total. The Hall–Kier alpha value is -1.40. The number of nitrogens with two attached hydrogens (primary N) is 1. The number of halogens is 3. The first-order valence-corrected chi connectivity index (χ1v) is 5.94. The fourth-order valence-electron chi connectivity index (χ4n) is 2.37. The predicted octanol–water partition coefficient (Wildman–Crippen LogP) is 1.97. The fraction of sp³-hybridized carbons (Fsp3) is 0.462. The van der Waals surface area contributed by atoms with E-state index in [-0.39, 0.29) is 0 Å². The molecule has 0 aliphatic heterocycles. The summed E-state index contributed by atoms with van der Waals surface area (Å²) in [6.07, 6.45) is -4.32. The quantitative estimate of drug-likeness (QED) is 0.822. The van der Waals surface area contributed by atoms with Gasteiger partial charge in [0, 0.05) is 0 Å². The smallest absolute Gasteiger partial charge is 0.385 e. The minimum atomic E-state index is -4.42. The van der Waals surface area contributed by atoms with Crippen molar-refractivity contribution >= 4 is 5.78 Å². The maximum atomic E-state index is 12.5. The molecule has 0 aromatic heterocycles. The van der Waals surface area contributed by atoms with Gasteiger partial charge in [0.2, 0.25) is 0 Å². The van der Waals surface area contributed by atoms with E-state index in [1.54, 1.807) is 0 Å². The van der Waals surface area contributed by atoms with E-state index in [0.717, 1.165) is 12.1 Å². The monoisotopic (exact) mass is 273 g/mol. The molecule has 1 aromatic rings. The molecule has 2 atom stereocenters. The summed E-state index contributed by atoms with van der Waals surface area (Å²) in [4.78, 5) is 11.9. The first-order valence-electron chi connectivity index (χ1n) is 5.94. The van der Waals surface area contributed by atoms with Gasteiger partial charge in [-0.25, -0.2) is 0 Å². The maximum absolute atomic E-state index is 12.5. The minimum Gasteiger partial charge on any atom is -0.385 e. The molecule has 104 valence electrons. The first-order chi connectivity index (χ1) is 8.75. The molecule has 0 heterocycles. The lowest BCUT2D eigenvalue weighted by atomic mass is 9.75. The Bertz CT molecular complexity index is 484. The van der Waals surface area contributed by atoms with Crippen molar-refractivity contribution in [1.82, 2.24) is 0 Å². The van der Waals surface area contributed by atoms with Gasteiger partial charge in [0.05, 0.1) is 5.56 Å². The molecule has 2 rings (SSSR count). The van der Waals surface area contributed by atoms with Crippen LogP contribution >= 0.6 is 0 Å². The van der Waals surface area contributed by atoms with Crippen molar-refractivity contribution in [2.45, 2.75) is 37.1 Å². The van der Waals surface area contributed by atoms with E-state index in [2.05, 4.69) is 0 Å². The van der Waals surface area contributed by atoms with Gasteiger partial charge in [-0.15, -0.1) is 0 Å². The van der Waals surface area contributed by atoms with E-state index in [9.17, 15) is 23.1 Å². The Morgan fingerprint density at radius 2 is 1.84 bits per heavy atom. The molecule has 1 saturated carbocycles. The van der Waals surface area contributed by atoms with Crippen LogP contribution < -0.4 is 5.73 Å². The summed E-state index contributed by atoms with van der Waals surface area (Å²) in [5.41, 5.74) is 4.12. The van der Waals surface area contributed by atoms with Crippen LogP contribution in [0.4, 0.5) is 13.2 Å². The molecule has 0 saturated heterocycles. The first kappa shape index (κ1) is 14.0. The standard InChI is InChI=1S/C13H14F3NO2/c14-13(15,16)9-5-3-8(4-6-9)12(17)7-1-2-10(18)11(12)19/h3-6,10,18H,1-2,7,17H2/t10-,12-/m1/s1. The van der Waals surface area contributed by atoms with E-state index >= 15 is 0 Å².